The number of aromatic nitrogens is 2. The quantitative estimate of drug-likeness (QED) is 0.796. The van der Waals surface area contributed by atoms with Gasteiger partial charge in [0.15, 0.2) is 0 Å². The van der Waals surface area contributed by atoms with E-state index in [0.29, 0.717) is 11.2 Å². The molecule has 1 aliphatic heterocycles. The Labute approximate surface area is 144 Å². The van der Waals surface area contributed by atoms with Crippen LogP contribution in [0.5, 0.6) is 0 Å². The summed E-state index contributed by atoms with van der Waals surface area (Å²) in [5.41, 5.74) is 3.42. The number of para-hydroxylation sites is 1. The molecule has 1 saturated heterocycles. The molecule has 24 heavy (non-hydrogen) atoms. The van der Waals surface area contributed by atoms with Gasteiger partial charge in [0, 0.05) is 31.9 Å². The highest BCUT2D eigenvalue weighted by Gasteiger charge is 2.19. The molecule has 1 fully saturated rings. The van der Waals surface area contributed by atoms with E-state index in [0.717, 1.165) is 37.5 Å². The van der Waals surface area contributed by atoms with E-state index in [4.69, 9.17) is 0 Å². The maximum absolute atomic E-state index is 12.1. The molecule has 4 rings (SSSR count). The molecule has 1 aromatic carbocycles. The number of benzene rings is 1. The Hall–Kier alpha value is -2.18. The molecular formula is C18H20N4OS. The third-order valence-corrected chi connectivity index (χ3v) is 5.47. The first-order valence-electron chi connectivity index (χ1n) is 8.20. The van der Waals surface area contributed by atoms with Gasteiger partial charge in [0.2, 0.25) is 0 Å². The fraction of sp³-hybridized carbons (Fsp3) is 0.333. The molecular weight excluding hydrogens is 320 g/mol. The van der Waals surface area contributed by atoms with E-state index in [1.165, 1.54) is 22.6 Å². The van der Waals surface area contributed by atoms with Gasteiger partial charge in [0.25, 0.3) is 5.56 Å². The van der Waals surface area contributed by atoms with Gasteiger partial charge in [-0.2, -0.15) is 0 Å². The molecule has 124 valence electrons. The van der Waals surface area contributed by atoms with Crippen molar-refractivity contribution in [2.45, 2.75) is 13.5 Å². The number of piperazine rings is 1. The highest BCUT2D eigenvalue weighted by Crippen LogP contribution is 2.21. The monoisotopic (exact) mass is 340 g/mol. The molecule has 0 amide bonds. The molecule has 0 unspecified atom stereocenters. The Morgan fingerprint density at radius 2 is 1.96 bits per heavy atom. The normalized spacial score (nSPS) is 16.0. The van der Waals surface area contributed by atoms with Crippen molar-refractivity contribution in [3.05, 3.63) is 57.5 Å². The first kappa shape index (κ1) is 15.4. The minimum absolute atomic E-state index is 0.0245. The second kappa shape index (κ2) is 6.37. The summed E-state index contributed by atoms with van der Waals surface area (Å²) >= 11 is 1.44. The summed E-state index contributed by atoms with van der Waals surface area (Å²) in [5.74, 6) is 0.759. The summed E-state index contributed by atoms with van der Waals surface area (Å²) in [7, 11) is 0. The summed E-state index contributed by atoms with van der Waals surface area (Å²) < 4.78 is 0.711. The van der Waals surface area contributed by atoms with E-state index in [1.807, 2.05) is 11.4 Å². The first-order valence-corrected chi connectivity index (χ1v) is 9.08. The Morgan fingerprint density at radius 1 is 1.17 bits per heavy atom. The van der Waals surface area contributed by atoms with Crippen LogP contribution in [-0.4, -0.2) is 41.0 Å². The number of hydrogen-bond donors (Lipinski definition) is 1. The van der Waals surface area contributed by atoms with E-state index in [2.05, 4.69) is 51.0 Å². The highest BCUT2D eigenvalue weighted by atomic mass is 32.1. The van der Waals surface area contributed by atoms with Gasteiger partial charge in [0.1, 0.15) is 10.5 Å². The standard InChI is InChI=1S/C18H20N4OS/c1-13-4-2-3-5-15(13)22-9-7-21(8-10-22)12-16-19-14-6-11-24-17(14)18(23)20-16/h2-6,11H,7-10,12H2,1H3,(H,19,20,23). The summed E-state index contributed by atoms with van der Waals surface area (Å²) in [6.07, 6.45) is 0. The Balaban J connectivity index is 1.44. The molecule has 6 heteroatoms. The summed E-state index contributed by atoms with van der Waals surface area (Å²) in [5, 5.41) is 1.91. The van der Waals surface area contributed by atoms with E-state index in [9.17, 15) is 4.79 Å². The van der Waals surface area contributed by atoms with Crippen molar-refractivity contribution in [2.24, 2.45) is 0 Å². The van der Waals surface area contributed by atoms with Crippen molar-refractivity contribution in [2.75, 3.05) is 31.1 Å². The van der Waals surface area contributed by atoms with E-state index in [-0.39, 0.29) is 5.56 Å². The zero-order valence-corrected chi connectivity index (χ0v) is 14.5. The molecule has 0 aliphatic carbocycles. The molecule has 0 saturated carbocycles. The van der Waals surface area contributed by atoms with Gasteiger partial charge in [-0.15, -0.1) is 11.3 Å². The van der Waals surface area contributed by atoms with Gasteiger partial charge in [-0.1, -0.05) is 18.2 Å². The fourth-order valence-corrected chi connectivity index (χ4v) is 4.00. The van der Waals surface area contributed by atoms with E-state index < -0.39 is 0 Å². The topological polar surface area (TPSA) is 52.2 Å². The predicted octanol–water partition coefficient (Wildman–Crippen LogP) is 2.62. The number of aromatic amines is 1. The number of thiophene rings is 1. The Morgan fingerprint density at radius 3 is 2.75 bits per heavy atom. The molecule has 0 bridgehead atoms. The Bertz CT molecular complexity index is 909. The highest BCUT2D eigenvalue weighted by molar-refractivity contribution is 7.17. The summed E-state index contributed by atoms with van der Waals surface area (Å²) in [4.78, 5) is 24.4. The lowest BCUT2D eigenvalue weighted by Crippen LogP contribution is -2.46. The summed E-state index contributed by atoms with van der Waals surface area (Å²) in [6.45, 7) is 6.79. The van der Waals surface area contributed by atoms with Crippen LogP contribution >= 0.6 is 11.3 Å². The molecule has 1 N–H and O–H groups in total. The molecule has 3 heterocycles. The Kier molecular flexibility index (Phi) is 4.08. The zero-order chi connectivity index (χ0) is 16.5. The van der Waals surface area contributed by atoms with Crippen LogP contribution in [0.3, 0.4) is 0 Å². The van der Waals surface area contributed by atoms with Crippen molar-refractivity contribution in [3.63, 3.8) is 0 Å². The molecule has 3 aromatic rings. The van der Waals surface area contributed by atoms with Crippen molar-refractivity contribution < 1.29 is 0 Å². The number of hydrogen-bond acceptors (Lipinski definition) is 5. The minimum atomic E-state index is -0.0245. The second-order valence-electron chi connectivity index (χ2n) is 6.20. The molecule has 0 spiro atoms. The smallest absolute Gasteiger partial charge is 0.268 e. The predicted molar refractivity (Wildman–Crippen MR) is 98.9 cm³/mol. The third kappa shape index (κ3) is 2.95. The van der Waals surface area contributed by atoms with Gasteiger partial charge in [0.05, 0.1) is 12.1 Å². The van der Waals surface area contributed by atoms with Crippen molar-refractivity contribution in [3.8, 4) is 0 Å². The maximum Gasteiger partial charge on any atom is 0.268 e. The van der Waals surface area contributed by atoms with Crippen molar-refractivity contribution >= 4 is 27.2 Å². The van der Waals surface area contributed by atoms with E-state index in [1.54, 1.807) is 0 Å². The molecule has 2 aromatic heterocycles. The number of aryl methyl sites for hydroxylation is 1. The van der Waals surface area contributed by atoms with Gasteiger partial charge < -0.3 is 9.88 Å². The van der Waals surface area contributed by atoms with Crippen LogP contribution in [0.2, 0.25) is 0 Å². The minimum Gasteiger partial charge on any atom is -0.369 e. The lowest BCUT2D eigenvalue weighted by molar-refractivity contribution is 0.244. The molecule has 0 atom stereocenters. The van der Waals surface area contributed by atoms with Gasteiger partial charge in [-0.25, -0.2) is 4.98 Å². The van der Waals surface area contributed by atoms with Crippen LogP contribution in [0.15, 0.2) is 40.5 Å². The maximum atomic E-state index is 12.1. The molecule has 5 nitrogen and oxygen atoms in total. The van der Waals surface area contributed by atoms with Crippen molar-refractivity contribution in [1.82, 2.24) is 14.9 Å². The van der Waals surface area contributed by atoms with Crippen LogP contribution in [0.25, 0.3) is 10.2 Å². The molecule has 1 aliphatic rings. The van der Waals surface area contributed by atoms with Crippen LogP contribution in [0.4, 0.5) is 5.69 Å². The number of rotatable bonds is 3. The lowest BCUT2D eigenvalue weighted by Gasteiger charge is -2.36. The number of nitrogens with zero attached hydrogens (tertiary/aromatic N) is 3. The zero-order valence-electron chi connectivity index (χ0n) is 13.7. The first-order chi connectivity index (χ1) is 11.7. The van der Waals surface area contributed by atoms with Gasteiger partial charge in [-0.05, 0) is 30.0 Å². The van der Waals surface area contributed by atoms with Gasteiger partial charge in [-0.3, -0.25) is 9.69 Å². The lowest BCUT2D eigenvalue weighted by atomic mass is 10.1. The van der Waals surface area contributed by atoms with Crippen LogP contribution in [-0.2, 0) is 6.54 Å². The van der Waals surface area contributed by atoms with Crippen molar-refractivity contribution in [1.29, 1.82) is 0 Å². The molecule has 0 radical (unpaired) electrons. The average molecular weight is 340 g/mol. The number of nitrogens with one attached hydrogen (secondary N) is 1. The number of fused-ring (bicyclic) bond motifs is 1. The third-order valence-electron chi connectivity index (χ3n) is 4.57. The number of H-pyrrole nitrogens is 1. The largest absolute Gasteiger partial charge is 0.369 e. The average Bonchev–Trinajstić information content (AvgIpc) is 3.05. The van der Waals surface area contributed by atoms with E-state index >= 15 is 0 Å². The summed E-state index contributed by atoms with van der Waals surface area (Å²) in [6, 6.07) is 10.4. The van der Waals surface area contributed by atoms with Crippen LogP contribution in [0, 0.1) is 6.92 Å². The SMILES string of the molecule is Cc1ccccc1N1CCN(Cc2nc3ccsc3c(=O)[nH]2)CC1. The number of anilines is 1. The fourth-order valence-electron chi connectivity index (χ4n) is 3.27. The second-order valence-corrected chi connectivity index (χ2v) is 7.11. The van der Waals surface area contributed by atoms with Gasteiger partial charge >= 0.3 is 0 Å². The van der Waals surface area contributed by atoms with Crippen LogP contribution in [0.1, 0.15) is 11.4 Å². The van der Waals surface area contributed by atoms with Crippen LogP contribution < -0.4 is 10.5 Å².